The van der Waals surface area contributed by atoms with Gasteiger partial charge in [-0.25, -0.2) is 4.79 Å². The summed E-state index contributed by atoms with van der Waals surface area (Å²) in [4.78, 5) is 13.3. The van der Waals surface area contributed by atoms with Crippen molar-refractivity contribution in [3.05, 3.63) is 23.8 Å². The fraction of sp³-hybridized carbons (Fsp3) is 0.500. The maximum absolute atomic E-state index is 11.3. The first-order valence-corrected chi connectivity index (χ1v) is 6.35. The van der Waals surface area contributed by atoms with Crippen LogP contribution in [0.4, 0.5) is 5.69 Å². The van der Waals surface area contributed by atoms with Crippen LogP contribution in [0.2, 0.25) is 0 Å². The molecule has 0 unspecified atom stereocenters. The van der Waals surface area contributed by atoms with E-state index in [9.17, 15) is 9.90 Å². The first-order chi connectivity index (χ1) is 9.13. The maximum Gasteiger partial charge on any atom is 0.337 e. The molecule has 0 atom stereocenters. The molecule has 104 valence electrons. The molecule has 2 rings (SSSR count). The zero-order valence-electron chi connectivity index (χ0n) is 11.3. The Morgan fingerprint density at radius 1 is 1.42 bits per heavy atom. The van der Waals surface area contributed by atoms with Crippen LogP contribution in [0.15, 0.2) is 18.2 Å². The quantitative estimate of drug-likeness (QED) is 0.902. The number of ether oxygens (including phenoxy) is 2. The predicted molar refractivity (Wildman–Crippen MR) is 72.2 cm³/mol. The topological polar surface area (TPSA) is 59.0 Å². The number of methoxy groups -OCH3 is 1. The number of hydrogen-bond donors (Lipinski definition) is 1. The van der Waals surface area contributed by atoms with E-state index in [1.165, 1.54) is 0 Å². The van der Waals surface area contributed by atoms with Gasteiger partial charge in [0, 0.05) is 32.4 Å². The van der Waals surface area contributed by atoms with Crippen molar-refractivity contribution in [1.29, 1.82) is 0 Å². The van der Waals surface area contributed by atoms with E-state index in [1.807, 2.05) is 11.9 Å². The molecule has 1 fully saturated rings. The summed E-state index contributed by atoms with van der Waals surface area (Å²) in [6.45, 7) is 1.45. The summed E-state index contributed by atoms with van der Waals surface area (Å²) >= 11 is 0. The molecule has 19 heavy (non-hydrogen) atoms. The van der Waals surface area contributed by atoms with E-state index in [0.717, 1.165) is 26.1 Å². The minimum atomic E-state index is -0.920. The van der Waals surface area contributed by atoms with Gasteiger partial charge in [0.25, 0.3) is 0 Å². The summed E-state index contributed by atoms with van der Waals surface area (Å²) in [6, 6.07) is 5.34. The van der Waals surface area contributed by atoms with Gasteiger partial charge < -0.3 is 19.5 Å². The molecule has 1 aromatic carbocycles. The molecule has 1 heterocycles. The number of carbonyl (C=O) groups is 1. The fourth-order valence-electron chi connectivity index (χ4n) is 2.38. The average molecular weight is 265 g/mol. The van der Waals surface area contributed by atoms with Gasteiger partial charge in [0.2, 0.25) is 0 Å². The number of anilines is 1. The number of hydrogen-bond acceptors (Lipinski definition) is 4. The van der Waals surface area contributed by atoms with Crippen molar-refractivity contribution in [2.24, 2.45) is 0 Å². The fourth-order valence-corrected chi connectivity index (χ4v) is 2.38. The molecule has 1 aliphatic rings. The average Bonchev–Trinajstić information content (AvgIpc) is 2.46. The second-order valence-corrected chi connectivity index (χ2v) is 4.64. The SMILES string of the molecule is COc1ccc(C(=O)O)c(N(C)C2CCOCC2)c1. The number of rotatable bonds is 4. The number of nitrogens with zero attached hydrogens (tertiary/aromatic N) is 1. The summed E-state index contributed by atoms with van der Waals surface area (Å²) in [5, 5.41) is 9.28. The Kier molecular flexibility index (Phi) is 4.27. The van der Waals surface area contributed by atoms with E-state index in [1.54, 1.807) is 25.3 Å². The third-order valence-corrected chi connectivity index (χ3v) is 3.55. The van der Waals surface area contributed by atoms with Crippen LogP contribution in [0.1, 0.15) is 23.2 Å². The van der Waals surface area contributed by atoms with E-state index < -0.39 is 5.97 Å². The standard InChI is InChI=1S/C14H19NO4/c1-15(10-5-7-19-8-6-10)13-9-11(18-2)3-4-12(13)14(16)17/h3-4,9-10H,5-8H2,1-2H3,(H,16,17). The van der Waals surface area contributed by atoms with Crippen molar-refractivity contribution in [3.8, 4) is 5.75 Å². The third-order valence-electron chi connectivity index (χ3n) is 3.55. The molecule has 0 aliphatic carbocycles. The number of benzene rings is 1. The van der Waals surface area contributed by atoms with E-state index in [0.29, 0.717) is 23.0 Å². The molecule has 1 aliphatic heterocycles. The van der Waals surface area contributed by atoms with Gasteiger partial charge in [0.1, 0.15) is 5.75 Å². The van der Waals surface area contributed by atoms with Gasteiger partial charge in [-0.15, -0.1) is 0 Å². The minimum Gasteiger partial charge on any atom is -0.497 e. The van der Waals surface area contributed by atoms with Crippen LogP contribution in [0.5, 0.6) is 5.75 Å². The molecule has 5 nitrogen and oxygen atoms in total. The lowest BCUT2D eigenvalue weighted by atomic mass is 10.0. The summed E-state index contributed by atoms with van der Waals surface area (Å²) < 4.78 is 10.5. The van der Waals surface area contributed by atoms with Crippen molar-refractivity contribution in [1.82, 2.24) is 0 Å². The molecule has 1 N–H and O–H groups in total. The van der Waals surface area contributed by atoms with Crippen LogP contribution in [0, 0.1) is 0 Å². The van der Waals surface area contributed by atoms with E-state index in [2.05, 4.69) is 0 Å². The highest BCUT2D eigenvalue weighted by Crippen LogP contribution is 2.29. The highest BCUT2D eigenvalue weighted by Gasteiger charge is 2.23. The van der Waals surface area contributed by atoms with Gasteiger partial charge in [-0.2, -0.15) is 0 Å². The second-order valence-electron chi connectivity index (χ2n) is 4.64. The third kappa shape index (κ3) is 2.98. The van der Waals surface area contributed by atoms with E-state index in [-0.39, 0.29) is 0 Å². The molecular formula is C14H19NO4. The summed E-state index contributed by atoms with van der Waals surface area (Å²) in [6.07, 6.45) is 1.82. The molecule has 0 spiro atoms. The Morgan fingerprint density at radius 3 is 2.68 bits per heavy atom. The van der Waals surface area contributed by atoms with Gasteiger partial charge >= 0.3 is 5.97 Å². The number of carboxylic acids is 1. The van der Waals surface area contributed by atoms with Crippen molar-refractivity contribution in [2.45, 2.75) is 18.9 Å². The van der Waals surface area contributed by atoms with Gasteiger partial charge in [0.05, 0.1) is 18.4 Å². The summed E-state index contributed by atoms with van der Waals surface area (Å²) in [7, 11) is 3.51. The minimum absolute atomic E-state index is 0.301. The van der Waals surface area contributed by atoms with Crippen molar-refractivity contribution >= 4 is 11.7 Å². The normalized spacial score (nSPS) is 16.1. The molecule has 0 bridgehead atoms. The predicted octanol–water partition coefficient (Wildman–Crippen LogP) is 2.01. The first-order valence-electron chi connectivity index (χ1n) is 6.35. The van der Waals surface area contributed by atoms with Crippen LogP contribution in [0.3, 0.4) is 0 Å². The first kappa shape index (κ1) is 13.7. The van der Waals surface area contributed by atoms with Gasteiger partial charge in [0.15, 0.2) is 0 Å². The lowest BCUT2D eigenvalue weighted by Crippen LogP contribution is -2.37. The Hall–Kier alpha value is -1.75. The lowest BCUT2D eigenvalue weighted by molar-refractivity contribution is 0.0696. The Balaban J connectivity index is 2.31. The summed E-state index contributed by atoms with van der Waals surface area (Å²) in [5.74, 6) is -0.254. The van der Waals surface area contributed by atoms with Crippen LogP contribution >= 0.6 is 0 Å². The zero-order chi connectivity index (χ0) is 13.8. The molecule has 1 aromatic rings. The van der Waals surface area contributed by atoms with Crippen molar-refractivity contribution in [3.63, 3.8) is 0 Å². The molecule has 1 saturated heterocycles. The molecule has 0 amide bonds. The Bertz CT molecular complexity index is 455. The Morgan fingerprint density at radius 2 is 2.11 bits per heavy atom. The van der Waals surface area contributed by atoms with Gasteiger partial charge in [-0.1, -0.05) is 0 Å². The molecule has 5 heteroatoms. The maximum atomic E-state index is 11.3. The van der Waals surface area contributed by atoms with Gasteiger partial charge in [-0.3, -0.25) is 0 Å². The smallest absolute Gasteiger partial charge is 0.337 e. The number of carboxylic acid groups (broad SMARTS) is 1. The van der Waals surface area contributed by atoms with Crippen molar-refractivity contribution in [2.75, 3.05) is 32.3 Å². The van der Waals surface area contributed by atoms with Gasteiger partial charge in [-0.05, 0) is 25.0 Å². The molecule has 0 radical (unpaired) electrons. The highest BCUT2D eigenvalue weighted by atomic mass is 16.5. The molecular weight excluding hydrogens is 246 g/mol. The lowest BCUT2D eigenvalue weighted by Gasteiger charge is -2.33. The summed E-state index contributed by atoms with van der Waals surface area (Å²) in [5.41, 5.74) is 0.994. The number of aromatic carboxylic acids is 1. The zero-order valence-corrected chi connectivity index (χ0v) is 11.3. The van der Waals surface area contributed by atoms with E-state index in [4.69, 9.17) is 9.47 Å². The largest absolute Gasteiger partial charge is 0.497 e. The van der Waals surface area contributed by atoms with Crippen LogP contribution in [-0.2, 0) is 4.74 Å². The van der Waals surface area contributed by atoms with Crippen LogP contribution in [-0.4, -0.2) is 44.5 Å². The van der Waals surface area contributed by atoms with Crippen molar-refractivity contribution < 1.29 is 19.4 Å². The molecule has 0 saturated carbocycles. The Labute approximate surface area is 112 Å². The van der Waals surface area contributed by atoms with Crippen LogP contribution < -0.4 is 9.64 Å². The molecule has 0 aromatic heterocycles. The highest BCUT2D eigenvalue weighted by molar-refractivity contribution is 5.94. The monoisotopic (exact) mass is 265 g/mol. The van der Waals surface area contributed by atoms with E-state index >= 15 is 0 Å². The van der Waals surface area contributed by atoms with Crippen LogP contribution in [0.25, 0.3) is 0 Å². The second kappa shape index (κ2) is 5.93.